The van der Waals surface area contributed by atoms with Crippen molar-refractivity contribution in [3.05, 3.63) is 112 Å². The van der Waals surface area contributed by atoms with Crippen molar-refractivity contribution in [2.24, 2.45) is 5.73 Å². The predicted molar refractivity (Wildman–Crippen MR) is 151 cm³/mol. The van der Waals surface area contributed by atoms with Gasteiger partial charge in [0.1, 0.15) is 0 Å². The number of methoxy groups -OCH3 is 1. The van der Waals surface area contributed by atoms with Crippen LogP contribution in [0.1, 0.15) is 51.1 Å². The average molecular weight is 508 g/mol. The molecule has 1 aliphatic heterocycles. The van der Waals surface area contributed by atoms with Gasteiger partial charge in [-0.25, -0.2) is 0 Å². The third-order valence-corrected chi connectivity index (χ3v) is 7.25. The van der Waals surface area contributed by atoms with Gasteiger partial charge in [-0.1, -0.05) is 48.5 Å². The molecule has 0 spiro atoms. The minimum absolute atomic E-state index is 0.0596. The maximum atomic E-state index is 12.9. The van der Waals surface area contributed by atoms with Crippen molar-refractivity contribution in [3.8, 4) is 11.1 Å². The number of anilines is 1. The van der Waals surface area contributed by atoms with Crippen molar-refractivity contribution < 1.29 is 14.3 Å². The summed E-state index contributed by atoms with van der Waals surface area (Å²) < 4.78 is 5.35. The Kier molecular flexibility index (Phi) is 7.59. The predicted octanol–water partition coefficient (Wildman–Crippen LogP) is 5.39. The van der Waals surface area contributed by atoms with Crippen molar-refractivity contribution in [3.63, 3.8) is 0 Å². The van der Waals surface area contributed by atoms with Crippen LogP contribution in [0.15, 0.2) is 90.2 Å². The highest BCUT2D eigenvalue weighted by atomic mass is 16.5. The smallest absolute Gasteiger partial charge is 0.251 e. The SMILES string of the molecule is COC1=CC(CNC(=O)c2ccc3c(c2)CCCN3Cc2ccc(-c3ccccc3C(N)=O)cc2)=CCC1. The molecule has 0 unspecified atom stereocenters. The van der Waals surface area contributed by atoms with Gasteiger partial charge in [0.2, 0.25) is 5.91 Å². The van der Waals surface area contributed by atoms with Crippen LogP contribution in [0.25, 0.3) is 11.1 Å². The number of carbonyl (C=O) groups is 2. The normalized spacial score (nSPS) is 14.7. The van der Waals surface area contributed by atoms with Gasteiger partial charge in [-0.05, 0) is 77.4 Å². The van der Waals surface area contributed by atoms with Crippen LogP contribution in [-0.2, 0) is 17.7 Å². The van der Waals surface area contributed by atoms with E-state index in [-0.39, 0.29) is 5.91 Å². The molecule has 3 aromatic carbocycles. The quantitative estimate of drug-likeness (QED) is 0.428. The van der Waals surface area contributed by atoms with Gasteiger partial charge in [-0.3, -0.25) is 9.59 Å². The molecule has 0 radical (unpaired) electrons. The molecule has 6 nitrogen and oxygen atoms in total. The van der Waals surface area contributed by atoms with Gasteiger partial charge >= 0.3 is 0 Å². The lowest BCUT2D eigenvalue weighted by Gasteiger charge is -2.32. The van der Waals surface area contributed by atoms with Gasteiger partial charge in [0, 0.05) is 42.9 Å². The Morgan fingerprint density at radius 3 is 2.63 bits per heavy atom. The van der Waals surface area contributed by atoms with Crippen LogP contribution in [0.4, 0.5) is 5.69 Å². The van der Waals surface area contributed by atoms with E-state index in [9.17, 15) is 9.59 Å². The number of aryl methyl sites for hydroxylation is 1. The zero-order chi connectivity index (χ0) is 26.5. The van der Waals surface area contributed by atoms with E-state index in [0.717, 1.165) is 61.2 Å². The third kappa shape index (κ3) is 5.65. The Hall–Kier alpha value is -4.32. The number of rotatable bonds is 8. The Morgan fingerprint density at radius 1 is 1.03 bits per heavy atom. The summed E-state index contributed by atoms with van der Waals surface area (Å²) >= 11 is 0. The summed E-state index contributed by atoms with van der Waals surface area (Å²) in [5.41, 5.74) is 13.2. The number of fused-ring (bicyclic) bond motifs is 1. The van der Waals surface area contributed by atoms with E-state index in [1.54, 1.807) is 13.2 Å². The fourth-order valence-corrected chi connectivity index (χ4v) is 5.25. The molecule has 0 atom stereocenters. The Bertz CT molecular complexity index is 1410. The highest BCUT2D eigenvalue weighted by Gasteiger charge is 2.19. The number of allylic oxidation sites excluding steroid dienone is 2. The van der Waals surface area contributed by atoms with Gasteiger partial charge in [0.25, 0.3) is 5.91 Å². The Morgan fingerprint density at radius 2 is 1.84 bits per heavy atom. The minimum Gasteiger partial charge on any atom is -0.501 e. The zero-order valence-electron chi connectivity index (χ0n) is 21.7. The van der Waals surface area contributed by atoms with Crippen LogP contribution < -0.4 is 16.0 Å². The fraction of sp³-hybridized carbons (Fsp3) is 0.250. The first-order valence-electron chi connectivity index (χ1n) is 13.1. The number of hydrogen-bond acceptors (Lipinski definition) is 4. The van der Waals surface area contributed by atoms with Gasteiger partial charge in [-0.2, -0.15) is 0 Å². The minimum atomic E-state index is -0.425. The highest BCUT2D eigenvalue weighted by molar-refractivity contribution is 5.99. The van der Waals surface area contributed by atoms with Crippen LogP contribution in [0, 0.1) is 0 Å². The maximum absolute atomic E-state index is 12.9. The summed E-state index contributed by atoms with van der Waals surface area (Å²) in [4.78, 5) is 27.1. The van der Waals surface area contributed by atoms with Crippen LogP contribution in [0.5, 0.6) is 0 Å². The number of ether oxygens (including phenoxy) is 1. The largest absolute Gasteiger partial charge is 0.501 e. The van der Waals surface area contributed by atoms with Gasteiger partial charge in [0.05, 0.1) is 12.9 Å². The summed E-state index contributed by atoms with van der Waals surface area (Å²) in [7, 11) is 1.69. The first-order chi connectivity index (χ1) is 18.5. The molecule has 2 aliphatic rings. The molecule has 3 aromatic rings. The molecule has 5 rings (SSSR count). The van der Waals surface area contributed by atoms with E-state index < -0.39 is 5.91 Å². The molecule has 6 heteroatoms. The molecule has 38 heavy (non-hydrogen) atoms. The molecular formula is C32H33N3O3. The summed E-state index contributed by atoms with van der Waals surface area (Å²) in [6, 6.07) is 21.7. The number of primary amides is 1. The maximum Gasteiger partial charge on any atom is 0.251 e. The molecule has 0 saturated carbocycles. The third-order valence-electron chi connectivity index (χ3n) is 7.25. The average Bonchev–Trinajstić information content (AvgIpc) is 2.96. The summed E-state index contributed by atoms with van der Waals surface area (Å²) in [6.45, 7) is 2.24. The Balaban J connectivity index is 1.26. The number of benzene rings is 3. The van der Waals surface area contributed by atoms with E-state index in [1.807, 2.05) is 48.5 Å². The van der Waals surface area contributed by atoms with E-state index in [4.69, 9.17) is 10.5 Å². The second-order valence-corrected chi connectivity index (χ2v) is 9.79. The van der Waals surface area contributed by atoms with E-state index in [1.165, 1.54) is 16.8 Å². The van der Waals surface area contributed by atoms with Crippen LogP contribution in [0.2, 0.25) is 0 Å². The van der Waals surface area contributed by atoms with Crippen molar-refractivity contribution in [1.82, 2.24) is 5.32 Å². The summed E-state index contributed by atoms with van der Waals surface area (Å²) in [6.07, 6.45) is 8.00. The molecule has 1 heterocycles. The van der Waals surface area contributed by atoms with Crippen LogP contribution in [0.3, 0.4) is 0 Å². The number of nitrogens with one attached hydrogen (secondary N) is 1. The fourth-order valence-electron chi connectivity index (χ4n) is 5.25. The zero-order valence-corrected chi connectivity index (χ0v) is 21.7. The van der Waals surface area contributed by atoms with Crippen molar-refractivity contribution in [1.29, 1.82) is 0 Å². The van der Waals surface area contributed by atoms with E-state index in [2.05, 4.69) is 34.5 Å². The second-order valence-electron chi connectivity index (χ2n) is 9.79. The molecule has 2 amide bonds. The molecule has 3 N–H and O–H groups in total. The lowest BCUT2D eigenvalue weighted by atomic mass is 9.97. The molecule has 0 bridgehead atoms. The van der Waals surface area contributed by atoms with Gasteiger partial charge in [-0.15, -0.1) is 0 Å². The van der Waals surface area contributed by atoms with Crippen molar-refractivity contribution >= 4 is 17.5 Å². The molecular weight excluding hydrogens is 474 g/mol. The molecule has 0 aromatic heterocycles. The van der Waals surface area contributed by atoms with E-state index in [0.29, 0.717) is 17.7 Å². The summed E-state index contributed by atoms with van der Waals surface area (Å²) in [5, 5.41) is 3.05. The second kappa shape index (κ2) is 11.4. The first-order valence-corrected chi connectivity index (χ1v) is 13.1. The van der Waals surface area contributed by atoms with Crippen LogP contribution in [-0.4, -0.2) is 32.0 Å². The molecule has 1 aliphatic carbocycles. The lowest BCUT2D eigenvalue weighted by molar-refractivity contribution is 0.0955. The Labute approximate surface area is 223 Å². The molecule has 0 fully saturated rings. The lowest BCUT2D eigenvalue weighted by Crippen LogP contribution is -2.30. The first kappa shape index (κ1) is 25.3. The number of nitrogens with two attached hydrogens (primary N) is 1. The number of nitrogens with zero attached hydrogens (tertiary/aromatic N) is 1. The van der Waals surface area contributed by atoms with Gasteiger partial charge < -0.3 is 20.7 Å². The standard InChI is InChI=1S/C32H33N3O3/c1-38-27-8-4-6-23(18-27)20-34-32(37)26-15-16-30-25(19-26)7-5-17-35(30)21-22-11-13-24(14-12-22)28-9-2-3-10-29(28)31(33)36/h2-3,6,9-16,18-19H,4-5,7-8,17,20-21H2,1H3,(H2,33,36)(H,34,37). The summed E-state index contributed by atoms with van der Waals surface area (Å²) in [5.74, 6) is 0.470. The monoisotopic (exact) mass is 507 g/mol. The van der Waals surface area contributed by atoms with E-state index >= 15 is 0 Å². The molecule has 194 valence electrons. The van der Waals surface area contributed by atoms with Gasteiger partial charge in [0.15, 0.2) is 0 Å². The number of hydrogen-bond donors (Lipinski definition) is 2. The topological polar surface area (TPSA) is 84.7 Å². The van der Waals surface area contributed by atoms with Crippen LogP contribution >= 0.6 is 0 Å². The van der Waals surface area contributed by atoms with Crippen molar-refractivity contribution in [2.75, 3.05) is 25.1 Å². The number of carbonyl (C=O) groups excluding carboxylic acids is 2. The van der Waals surface area contributed by atoms with Crippen molar-refractivity contribution in [2.45, 2.75) is 32.2 Å². The molecule has 0 saturated heterocycles. The highest BCUT2D eigenvalue weighted by Crippen LogP contribution is 2.30. The number of amides is 2.